The van der Waals surface area contributed by atoms with E-state index < -0.39 is 23.3 Å². The molecule has 3 N–H and O–H groups in total. The molecule has 0 aromatic heterocycles. The van der Waals surface area contributed by atoms with Crippen molar-refractivity contribution < 1.29 is 19.1 Å². The number of ether oxygens (including phenoxy) is 2. The number of guanidine groups is 1. The number of hydrogen-bond acceptors (Lipinski definition) is 7. The number of nitrogens with zero attached hydrogens (tertiary/aromatic N) is 1. The molecule has 1 aliphatic heterocycles. The summed E-state index contributed by atoms with van der Waals surface area (Å²) in [7, 11) is 0. The molecule has 4 aromatic carbocycles. The highest BCUT2D eigenvalue weighted by Gasteiger charge is 2.47. The molecule has 8 nitrogen and oxygen atoms in total. The molecule has 1 heterocycles. The molecule has 1 amide bonds. The summed E-state index contributed by atoms with van der Waals surface area (Å²) >= 11 is 0. The maximum absolute atomic E-state index is 14.0. The number of aliphatic imine (C=N–C) groups is 1. The highest BCUT2D eigenvalue weighted by molar-refractivity contribution is 5.95. The summed E-state index contributed by atoms with van der Waals surface area (Å²) < 4.78 is 11.3. The Hall–Kier alpha value is -4.95. The summed E-state index contributed by atoms with van der Waals surface area (Å²) in [5, 5.41) is 9.79. The van der Waals surface area contributed by atoms with Crippen molar-refractivity contribution in [3.05, 3.63) is 131 Å². The predicted molar refractivity (Wildman–Crippen MR) is 175 cm³/mol. The fourth-order valence-electron chi connectivity index (χ4n) is 6.16. The maximum atomic E-state index is 14.0. The minimum Gasteiger partial charge on any atom is -0.459 e. The van der Waals surface area contributed by atoms with Crippen molar-refractivity contribution in [2.24, 2.45) is 4.99 Å². The molecular weight excluding hydrogens is 564 g/mol. The minimum atomic E-state index is -0.808. The molecule has 0 saturated carbocycles. The Morgan fingerprint density at radius 2 is 1.44 bits per heavy atom. The summed E-state index contributed by atoms with van der Waals surface area (Å²) in [6.45, 7) is 6.14. The topological polar surface area (TPSA) is 101 Å². The summed E-state index contributed by atoms with van der Waals surface area (Å²) in [6, 6.07) is 35.4. The summed E-state index contributed by atoms with van der Waals surface area (Å²) in [4.78, 5) is 31.0. The second-order valence-electron chi connectivity index (χ2n) is 12.4. The number of amides is 1. The quantitative estimate of drug-likeness (QED) is 0.217. The van der Waals surface area contributed by atoms with E-state index in [2.05, 4.69) is 57.3 Å². The van der Waals surface area contributed by atoms with E-state index in [1.807, 2.05) is 93.6 Å². The number of benzene rings is 4. The van der Waals surface area contributed by atoms with Crippen LogP contribution in [0.1, 0.15) is 49.4 Å². The summed E-state index contributed by atoms with van der Waals surface area (Å²) in [5.74, 6) is -0.0412. The predicted octanol–water partition coefficient (Wildman–Crippen LogP) is 5.90. The van der Waals surface area contributed by atoms with Crippen LogP contribution in [0.5, 0.6) is 0 Å². The monoisotopic (exact) mass is 602 g/mol. The number of esters is 1. The van der Waals surface area contributed by atoms with E-state index in [1.54, 1.807) is 0 Å². The van der Waals surface area contributed by atoms with Crippen molar-refractivity contribution in [3.63, 3.8) is 0 Å². The lowest BCUT2D eigenvalue weighted by atomic mass is 9.79. The first-order chi connectivity index (χ1) is 21.7. The average molecular weight is 603 g/mol. The molecule has 0 radical (unpaired) electrons. The van der Waals surface area contributed by atoms with Gasteiger partial charge in [-0.25, -0.2) is 4.79 Å². The van der Waals surface area contributed by atoms with Crippen molar-refractivity contribution in [1.29, 1.82) is 0 Å². The molecule has 230 valence electrons. The first-order valence-electron chi connectivity index (χ1n) is 15.3. The number of carbonyl (C=O) groups excluding carboxylic acids is 2. The molecule has 0 spiro atoms. The largest absolute Gasteiger partial charge is 0.459 e. The minimum absolute atomic E-state index is 0.151. The van der Waals surface area contributed by atoms with Gasteiger partial charge in [-0.2, -0.15) is 0 Å². The Balaban J connectivity index is 1.26. The third-order valence-electron chi connectivity index (χ3n) is 8.01. The SMILES string of the molecule is CC(C)(C)OC(=O)[C@H](C[C@@H]1CN=C(NC(=O)OCc2ccccc2)N1)NC1(c2ccccc2)c2ccccc2-c2ccccc21. The first-order valence-corrected chi connectivity index (χ1v) is 15.3. The zero-order chi connectivity index (χ0) is 31.4. The molecule has 4 aromatic rings. The highest BCUT2D eigenvalue weighted by Crippen LogP contribution is 2.51. The van der Waals surface area contributed by atoms with Gasteiger partial charge in [0.1, 0.15) is 18.2 Å². The van der Waals surface area contributed by atoms with Crippen LogP contribution in [0.4, 0.5) is 4.79 Å². The Kier molecular flexibility index (Phi) is 8.41. The first kappa shape index (κ1) is 30.1. The highest BCUT2D eigenvalue weighted by atomic mass is 16.6. The Morgan fingerprint density at radius 3 is 2.07 bits per heavy atom. The number of nitrogens with one attached hydrogen (secondary N) is 3. The van der Waals surface area contributed by atoms with Crippen LogP contribution < -0.4 is 16.0 Å². The van der Waals surface area contributed by atoms with Crippen LogP contribution in [-0.2, 0) is 26.4 Å². The third kappa shape index (κ3) is 6.47. The summed E-state index contributed by atoms with van der Waals surface area (Å²) in [6.07, 6.45) is -0.239. The van der Waals surface area contributed by atoms with Gasteiger partial charge in [0.25, 0.3) is 0 Å². The number of fused-ring (bicyclic) bond motifs is 3. The van der Waals surface area contributed by atoms with E-state index in [9.17, 15) is 9.59 Å². The lowest BCUT2D eigenvalue weighted by molar-refractivity contribution is -0.158. The zero-order valence-corrected chi connectivity index (χ0v) is 25.7. The zero-order valence-electron chi connectivity index (χ0n) is 25.7. The lowest BCUT2D eigenvalue weighted by Gasteiger charge is -2.38. The van der Waals surface area contributed by atoms with Gasteiger partial charge < -0.3 is 14.8 Å². The molecule has 0 saturated heterocycles. The van der Waals surface area contributed by atoms with E-state index in [4.69, 9.17) is 9.47 Å². The summed E-state index contributed by atoms with van der Waals surface area (Å²) in [5.41, 5.74) is 4.81. The molecule has 1 aliphatic carbocycles. The van der Waals surface area contributed by atoms with Gasteiger partial charge in [-0.1, -0.05) is 109 Å². The maximum Gasteiger partial charge on any atom is 0.414 e. The molecule has 0 unspecified atom stereocenters. The lowest BCUT2D eigenvalue weighted by Crippen LogP contribution is -2.55. The number of alkyl carbamates (subject to hydrolysis) is 1. The second kappa shape index (κ2) is 12.6. The van der Waals surface area contributed by atoms with Crippen molar-refractivity contribution in [1.82, 2.24) is 16.0 Å². The fraction of sp³-hybridized carbons (Fsp3) is 0.270. The Labute approximate surface area is 263 Å². The molecule has 2 atom stereocenters. The van der Waals surface area contributed by atoms with E-state index in [0.717, 1.165) is 33.4 Å². The van der Waals surface area contributed by atoms with Crippen molar-refractivity contribution in [2.75, 3.05) is 6.54 Å². The van der Waals surface area contributed by atoms with Crippen LogP contribution in [0.2, 0.25) is 0 Å². The van der Waals surface area contributed by atoms with Gasteiger partial charge in [0, 0.05) is 0 Å². The second-order valence-corrected chi connectivity index (χ2v) is 12.4. The van der Waals surface area contributed by atoms with Gasteiger partial charge in [-0.05, 0) is 60.6 Å². The van der Waals surface area contributed by atoms with E-state index >= 15 is 0 Å². The molecule has 45 heavy (non-hydrogen) atoms. The van der Waals surface area contributed by atoms with Crippen LogP contribution in [-0.4, -0.2) is 42.3 Å². The standard InChI is InChI=1S/C37H38N4O4/c1-36(2,3)45-33(42)32(22-27-23-38-34(39-27)40-35(43)44-24-25-14-6-4-7-15-25)41-37(26-16-8-5-9-17-26)30-20-12-10-18-28(30)29-19-11-13-21-31(29)37/h4-21,27,32,41H,22-24H2,1-3H3,(H2,38,39,40,43)/t27-,32+/m1/s1. The fourth-order valence-corrected chi connectivity index (χ4v) is 6.16. The van der Waals surface area contributed by atoms with Crippen LogP contribution in [0.15, 0.2) is 114 Å². The van der Waals surface area contributed by atoms with E-state index in [0.29, 0.717) is 18.9 Å². The van der Waals surface area contributed by atoms with Crippen molar-refractivity contribution in [2.45, 2.75) is 57.0 Å². The number of rotatable bonds is 8. The smallest absolute Gasteiger partial charge is 0.414 e. The van der Waals surface area contributed by atoms with E-state index in [-0.39, 0.29) is 18.6 Å². The van der Waals surface area contributed by atoms with Crippen molar-refractivity contribution >= 4 is 18.0 Å². The van der Waals surface area contributed by atoms with Crippen LogP contribution in [0.25, 0.3) is 11.1 Å². The molecule has 8 heteroatoms. The van der Waals surface area contributed by atoms with Gasteiger partial charge in [0.2, 0.25) is 5.96 Å². The van der Waals surface area contributed by atoms with Gasteiger partial charge in [0.05, 0.1) is 18.1 Å². The van der Waals surface area contributed by atoms with Gasteiger partial charge in [-0.3, -0.25) is 20.4 Å². The van der Waals surface area contributed by atoms with Crippen LogP contribution in [0.3, 0.4) is 0 Å². The Morgan fingerprint density at radius 1 is 0.867 bits per heavy atom. The van der Waals surface area contributed by atoms with Gasteiger partial charge in [0.15, 0.2) is 0 Å². The van der Waals surface area contributed by atoms with Crippen LogP contribution in [0, 0.1) is 0 Å². The molecule has 0 bridgehead atoms. The molecule has 6 rings (SSSR count). The molecule has 2 aliphatic rings. The molecule has 0 fully saturated rings. The normalized spacial score (nSPS) is 16.9. The number of hydrogen-bond donors (Lipinski definition) is 3. The number of carbonyl (C=O) groups is 2. The van der Waals surface area contributed by atoms with Gasteiger partial charge >= 0.3 is 12.1 Å². The van der Waals surface area contributed by atoms with Crippen molar-refractivity contribution in [3.8, 4) is 11.1 Å². The van der Waals surface area contributed by atoms with E-state index in [1.165, 1.54) is 0 Å². The Bertz CT molecular complexity index is 1650. The average Bonchev–Trinajstić information content (AvgIpc) is 3.60. The van der Waals surface area contributed by atoms with Crippen LogP contribution >= 0.6 is 0 Å². The molecular formula is C37H38N4O4. The van der Waals surface area contributed by atoms with Gasteiger partial charge in [-0.15, -0.1) is 0 Å². The third-order valence-corrected chi connectivity index (χ3v) is 8.01.